The lowest BCUT2D eigenvalue weighted by Crippen LogP contribution is -2.61. The molecule has 3 aliphatic heterocycles. The molecule has 1 aliphatic carbocycles. The molecule has 6 heteroatoms. The molecule has 4 rings (SSSR count). The molecule has 0 spiro atoms. The maximum atomic E-state index is 12.9. The van der Waals surface area contributed by atoms with Crippen molar-refractivity contribution < 1.29 is 10.0 Å². The van der Waals surface area contributed by atoms with E-state index in [1.165, 1.54) is 12.8 Å². The van der Waals surface area contributed by atoms with Gasteiger partial charge in [-0.25, -0.2) is 0 Å². The quantitative estimate of drug-likeness (QED) is 0.312. The smallest absolute Gasteiger partial charge is 0.234 e. The fourth-order valence-corrected chi connectivity index (χ4v) is 4.29. The maximum absolute atomic E-state index is 12.9. The Morgan fingerprint density at radius 1 is 1.24 bits per heavy atom. The molecule has 0 radical (unpaired) electrons. The molecule has 1 amide bonds. The SMILES string of the molecule is NC(=NO)C1(C(=O)NC2CN3CCC2CC3)CCCCC1. The summed E-state index contributed by atoms with van der Waals surface area (Å²) in [7, 11) is 0. The first-order valence-electron chi connectivity index (χ1n) is 8.17. The molecular formula is C15H26N4O2. The van der Waals surface area contributed by atoms with E-state index in [0.717, 1.165) is 38.9 Å². The van der Waals surface area contributed by atoms with Crippen LogP contribution in [0.3, 0.4) is 0 Å². The Morgan fingerprint density at radius 3 is 2.43 bits per heavy atom. The molecule has 6 nitrogen and oxygen atoms in total. The van der Waals surface area contributed by atoms with Crippen molar-refractivity contribution in [3.63, 3.8) is 0 Å². The van der Waals surface area contributed by atoms with E-state index in [4.69, 9.17) is 10.9 Å². The van der Waals surface area contributed by atoms with Crippen LogP contribution in [0.15, 0.2) is 5.16 Å². The second-order valence-electron chi connectivity index (χ2n) is 6.85. The molecule has 4 aliphatic rings. The van der Waals surface area contributed by atoms with E-state index in [0.29, 0.717) is 18.8 Å². The first-order valence-corrected chi connectivity index (χ1v) is 8.17. The van der Waals surface area contributed by atoms with Gasteiger partial charge < -0.3 is 21.2 Å². The Kier molecular flexibility index (Phi) is 4.06. The summed E-state index contributed by atoms with van der Waals surface area (Å²) < 4.78 is 0. The van der Waals surface area contributed by atoms with Gasteiger partial charge in [-0.3, -0.25) is 4.79 Å². The minimum Gasteiger partial charge on any atom is -0.409 e. The molecule has 118 valence electrons. The highest BCUT2D eigenvalue weighted by Gasteiger charge is 2.46. The van der Waals surface area contributed by atoms with Gasteiger partial charge in [0.1, 0.15) is 5.41 Å². The third kappa shape index (κ3) is 2.61. The summed E-state index contributed by atoms with van der Waals surface area (Å²) in [5.74, 6) is 0.643. The van der Waals surface area contributed by atoms with Gasteiger partial charge in [0, 0.05) is 12.6 Å². The fourth-order valence-electron chi connectivity index (χ4n) is 4.29. The van der Waals surface area contributed by atoms with Crippen LogP contribution in [0.2, 0.25) is 0 Å². The predicted molar refractivity (Wildman–Crippen MR) is 80.0 cm³/mol. The number of amidine groups is 1. The van der Waals surface area contributed by atoms with Gasteiger partial charge in [-0.2, -0.15) is 0 Å². The van der Waals surface area contributed by atoms with Crippen LogP contribution < -0.4 is 11.1 Å². The first-order chi connectivity index (χ1) is 10.2. The summed E-state index contributed by atoms with van der Waals surface area (Å²) in [6.07, 6.45) is 6.76. The second-order valence-corrected chi connectivity index (χ2v) is 6.85. The van der Waals surface area contributed by atoms with E-state index in [9.17, 15) is 4.79 Å². The lowest BCUT2D eigenvalue weighted by atomic mass is 9.72. The Labute approximate surface area is 125 Å². The van der Waals surface area contributed by atoms with Crippen LogP contribution in [-0.4, -0.2) is 47.5 Å². The average Bonchev–Trinajstić information content (AvgIpc) is 2.55. The van der Waals surface area contributed by atoms with E-state index in [1.54, 1.807) is 0 Å². The number of rotatable bonds is 3. The number of nitrogens with one attached hydrogen (secondary N) is 1. The van der Waals surface area contributed by atoms with Crippen molar-refractivity contribution in [1.82, 2.24) is 10.2 Å². The second kappa shape index (κ2) is 5.83. The lowest BCUT2D eigenvalue weighted by molar-refractivity contribution is -0.131. The average molecular weight is 294 g/mol. The molecule has 21 heavy (non-hydrogen) atoms. The largest absolute Gasteiger partial charge is 0.409 e. The summed E-state index contributed by atoms with van der Waals surface area (Å²) in [5.41, 5.74) is 5.10. The highest BCUT2D eigenvalue weighted by molar-refractivity contribution is 6.06. The number of nitrogens with zero attached hydrogens (tertiary/aromatic N) is 2. The zero-order chi connectivity index (χ0) is 14.9. The van der Waals surface area contributed by atoms with Crippen LogP contribution in [-0.2, 0) is 4.79 Å². The van der Waals surface area contributed by atoms with Crippen molar-refractivity contribution in [2.45, 2.75) is 51.0 Å². The van der Waals surface area contributed by atoms with Crippen LogP contribution >= 0.6 is 0 Å². The first kappa shape index (κ1) is 14.6. The minimum atomic E-state index is -0.793. The van der Waals surface area contributed by atoms with Crippen molar-refractivity contribution >= 4 is 11.7 Å². The van der Waals surface area contributed by atoms with Crippen molar-refractivity contribution in [2.24, 2.45) is 22.2 Å². The molecule has 0 aromatic carbocycles. The number of nitrogens with two attached hydrogens (primary N) is 1. The molecule has 0 aromatic rings. The van der Waals surface area contributed by atoms with Gasteiger partial charge in [0.2, 0.25) is 5.91 Å². The van der Waals surface area contributed by atoms with E-state index in [2.05, 4.69) is 15.4 Å². The van der Waals surface area contributed by atoms with E-state index in [1.807, 2.05) is 0 Å². The molecule has 1 saturated carbocycles. The van der Waals surface area contributed by atoms with Crippen LogP contribution in [0.25, 0.3) is 0 Å². The third-order valence-corrected chi connectivity index (χ3v) is 5.71. The van der Waals surface area contributed by atoms with Crippen LogP contribution in [0, 0.1) is 11.3 Å². The van der Waals surface area contributed by atoms with Crippen molar-refractivity contribution in [3.05, 3.63) is 0 Å². The van der Waals surface area contributed by atoms with Gasteiger partial charge in [0.25, 0.3) is 0 Å². The van der Waals surface area contributed by atoms with E-state index >= 15 is 0 Å². The zero-order valence-corrected chi connectivity index (χ0v) is 12.6. The Hall–Kier alpha value is -1.30. The fraction of sp³-hybridized carbons (Fsp3) is 0.867. The van der Waals surface area contributed by atoms with Crippen molar-refractivity contribution in [3.8, 4) is 0 Å². The number of oxime groups is 1. The standard InChI is InChI=1S/C15H26N4O2/c16-13(18-21)15(6-2-1-3-7-15)14(20)17-12-10-19-8-4-11(12)5-9-19/h11-12,21H,1-10H2,(H2,16,18)(H,17,20). The lowest BCUT2D eigenvalue weighted by Gasteiger charge is -2.46. The molecular weight excluding hydrogens is 268 g/mol. The summed E-state index contributed by atoms with van der Waals surface area (Å²) in [6, 6.07) is 0.227. The number of carbonyl (C=O) groups is 1. The Morgan fingerprint density at radius 2 is 1.90 bits per heavy atom. The molecule has 4 fully saturated rings. The topological polar surface area (TPSA) is 91.0 Å². The molecule has 3 heterocycles. The van der Waals surface area contributed by atoms with E-state index in [-0.39, 0.29) is 17.8 Å². The Bertz CT molecular complexity index is 423. The molecule has 3 saturated heterocycles. The van der Waals surface area contributed by atoms with Crippen LogP contribution in [0.5, 0.6) is 0 Å². The number of carbonyl (C=O) groups excluding carboxylic acids is 1. The molecule has 4 N–H and O–H groups in total. The van der Waals surface area contributed by atoms with Gasteiger partial charge in [-0.15, -0.1) is 0 Å². The molecule has 1 atom stereocenters. The van der Waals surface area contributed by atoms with Crippen LogP contribution in [0.4, 0.5) is 0 Å². The van der Waals surface area contributed by atoms with Crippen LogP contribution in [0.1, 0.15) is 44.9 Å². The van der Waals surface area contributed by atoms with Crippen molar-refractivity contribution in [1.29, 1.82) is 0 Å². The summed E-state index contributed by atoms with van der Waals surface area (Å²) in [5, 5.41) is 15.5. The van der Waals surface area contributed by atoms with E-state index < -0.39 is 5.41 Å². The summed E-state index contributed by atoms with van der Waals surface area (Å²) in [6.45, 7) is 3.26. The normalized spacial score (nSPS) is 35.4. The summed E-state index contributed by atoms with van der Waals surface area (Å²) >= 11 is 0. The molecule has 2 bridgehead atoms. The number of hydrogen-bond donors (Lipinski definition) is 3. The van der Waals surface area contributed by atoms with Crippen molar-refractivity contribution in [2.75, 3.05) is 19.6 Å². The van der Waals surface area contributed by atoms with Gasteiger partial charge >= 0.3 is 0 Å². The maximum Gasteiger partial charge on any atom is 0.234 e. The number of amides is 1. The number of piperidine rings is 3. The zero-order valence-electron chi connectivity index (χ0n) is 12.6. The minimum absolute atomic E-state index is 0.0312. The van der Waals surface area contributed by atoms with Gasteiger partial charge in [0.15, 0.2) is 5.84 Å². The van der Waals surface area contributed by atoms with Gasteiger partial charge in [0.05, 0.1) is 0 Å². The predicted octanol–water partition coefficient (Wildman–Crippen LogP) is 0.894. The highest BCUT2D eigenvalue weighted by Crippen LogP contribution is 2.38. The Balaban J connectivity index is 1.72. The third-order valence-electron chi connectivity index (χ3n) is 5.71. The number of hydrogen-bond acceptors (Lipinski definition) is 4. The highest BCUT2D eigenvalue weighted by atomic mass is 16.4. The monoisotopic (exact) mass is 294 g/mol. The number of fused-ring (bicyclic) bond motifs is 3. The summed E-state index contributed by atoms with van der Waals surface area (Å²) in [4.78, 5) is 15.3. The molecule has 1 unspecified atom stereocenters. The van der Waals surface area contributed by atoms with Gasteiger partial charge in [-0.1, -0.05) is 24.4 Å². The van der Waals surface area contributed by atoms with Gasteiger partial charge in [-0.05, 0) is 44.7 Å². The molecule has 0 aromatic heterocycles.